The highest BCUT2D eigenvalue weighted by molar-refractivity contribution is 6.07. The van der Waals surface area contributed by atoms with Crippen molar-refractivity contribution in [2.45, 2.75) is 18.4 Å². The number of carbonyl (C=O) groups excluding carboxylic acids is 2. The Morgan fingerprint density at radius 1 is 1.28 bits per heavy atom. The number of quaternary nitrogens is 1. The van der Waals surface area contributed by atoms with Gasteiger partial charge in [0.15, 0.2) is 0 Å². The molecule has 0 bridgehead atoms. The van der Waals surface area contributed by atoms with E-state index in [1.54, 1.807) is 38.4 Å². The topological polar surface area (TPSA) is 105 Å². The highest BCUT2D eigenvalue weighted by Gasteiger charge is 2.47. The smallest absolute Gasteiger partial charge is 0.268 e. The number of ether oxygens (including phenoxy) is 2. The van der Waals surface area contributed by atoms with Crippen LogP contribution < -0.4 is 10.1 Å². The molecule has 194 valence electrons. The standard InChI is InChI=1S/C24H28F3N5O4/c1-32(2,16-25)7-8-35-9-10-36-18-3-4-21-20(11-18)19(5-6-29-21)23(34)30-14-22(33)31-15-24(26,27)12-17(31)13-28/h3-6,11,17H,7-10,12,14-16H2,1-2H3/p+1/t17-/m0/s1. The summed E-state index contributed by atoms with van der Waals surface area (Å²) in [6.45, 7) is -0.412. The maximum absolute atomic E-state index is 13.6. The van der Waals surface area contributed by atoms with Gasteiger partial charge in [0.25, 0.3) is 11.8 Å². The molecule has 0 unspecified atom stereocenters. The second-order valence-electron chi connectivity index (χ2n) is 9.19. The van der Waals surface area contributed by atoms with Crippen LogP contribution in [0.5, 0.6) is 5.75 Å². The van der Waals surface area contributed by atoms with Crippen LogP contribution in [-0.4, -0.2) is 98.5 Å². The molecule has 9 nitrogen and oxygen atoms in total. The van der Waals surface area contributed by atoms with Gasteiger partial charge in [-0.15, -0.1) is 0 Å². The summed E-state index contributed by atoms with van der Waals surface area (Å²) in [6, 6.07) is 6.95. The summed E-state index contributed by atoms with van der Waals surface area (Å²) in [6.07, 6.45) is 0.721. The van der Waals surface area contributed by atoms with Crippen LogP contribution in [0.15, 0.2) is 30.5 Å². The Hall–Kier alpha value is -3.43. The van der Waals surface area contributed by atoms with Crippen molar-refractivity contribution in [1.29, 1.82) is 5.26 Å². The van der Waals surface area contributed by atoms with Gasteiger partial charge in [0.05, 0.1) is 57.5 Å². The first kappa shape index (κ1) is 27.2. The van der Waals surface area contributed by atoms with E-state index in [-0.39, 0.29) is 16.7 Å². The molecule has 0 spiro atoms. The number of aromatic nitrogens is 1. The number of pyridine rings is 1. The second kappa shape index (κ2) is 11.5. The number of nitriles is 1. The van der Waals surface area contributed by atoms with Crippen LogP contribution in [0.1, 0.15) is 16.8 Å². The molecule has 0 radical (unpaired) electrons. The van der Waals surface area contributed by atoms with E-state index >= 15 is 0 Å². The van der Waals surface area contributed by atoms with Gasteiger partial charge in [-0.2, -0.15) is 9.65 Å². The fraction of sp³-hybridized carbons (Fsp3) is 0.500. The number of hydrogen-bond donors (Lipinski definition) is 1. The van der Waals surface area contributed by atoms with Crippen molar-refractivity contribution in [2.24, 2.45) is 0 Å². The van der Waals surface area contributed by atoms with E-state index in [0.717, 1.165) is 4.90 Å². The number of rotatable bonds is 11. The number of halogens is 3. The number of amides is 2. The third-order valence-corrected chi connectivity index (χ3v) is 5.76. The van der Waals surface area contributed by atoms with Crippen molar-refractivity contribution in [3.63, 3.8) is 0 Å². The van der Waals surface area contributed by atoms with E-state index in [1.807, 2.05) is 0 Å². The Morgan fingerprint density at radius 2 is 2.06 bits per heavy atom. The van der Waals surface area contributed by atoms with Crippen molar-refractivity contribution in [3.05, 3.63) is 36.0 Å². The minimum Gasteiger partial charge on any atom is -0.491 e. The summed E-state index contributed by atoms with van der Waals surface area (Å²) in [4.78, 5) is 30.2. The van der Waals surface area contributed by atoms with Gasteiger partial charge in [-0.25, -0.2) is 8.78 Å². The molecule has 12 heteroatoms. The van der Waals surface area contributed by atoms with E-state index in [4.69, 9.17) is 14.7 Å². The van der Waals surface area contributed by atoms with Gasteiger partial charge < -0.3 is 24.2 Å². The minimum atomic E-state index is -3.13. The molecular weight excluding hydrogens is 479 g/mol. The molecule has 1 aromatic carbocycles. The molecular formula is C24H29F3N5O4+. The van der Waals surface area contributed by atoms with Crippen LogP contribution in [0, 0.1) is 11.3 Å². The number of likely N-dealkylation sites (N-methyl/N-ethyl adjacent to an activating group) is 1. The van der Waals surface area contributed by atoms with Gasteiger partial charge in [-0.3, -0.25) is 14.6 Å². The first-order valence-electron chi connectivity index (χ1n) is 11.4. The lowest BCUT2D eigenvalue weighted by molar-refractivity contribution is -0.903. The van der Waals surface area contributed by atoms with Crippen molar-refractivity contribution in [2.75, 3.05) is 60.3 Å². The number of fused-ring (bicyclic) bond motifs is 1. The zero-order valence-corrected chi connectivity index (χ0v) is 20.2. The predicted molar refractivity (Wildman–Crippen MR) is 124 cm³/mol. The van der Waals surface area contributed by atoms with Gasteiger partial charge in [-0.1, -0.05) is 0 Å². The molecule has 1 aliphatic rings. The molecule has 1 aromatic heterocycles. The lowest BCUT2D eigenvalue weighted by Crippen LogP contribution is -2.43. The third-order valence-electron chi connectivity index (χ3n) is 5.76. The van der Waals surface area contributed by atoms with Crippen molar-refractivity contribution in [3.8, 4) is 11.8 Å². The second-order valence-corrected chi connectivity index (χ2v) is 9.19. The van der Waals surface area contributed by atoms with Gasteiger partial charge in [0.2, 0.25) is 12.7 Å². The van der Waals surface area contributed by atoms with E-state index in [2.05, 4.69) is 10.3 Å². The molecule has 1 aliphatic heterocycles. The summed E-state index contributed by atoms with van der Waals surface area (Å²) >= 11 is 0. The van der Waals surface area contributed by atoms with E-state index in [9.17, 15) is 22.8 Å². The number of benzene rings is 1. The van der Waals surface area contributed by atoms with Gasteiger partial charge >= 0.3 is 0 Å². The molecule has 0 saturated carbocycles. The van der Waals surface area contributed by atoms with Crippen molar-refractivity contribution < 1.29 is 36.7 Å². The summed E-state index contributed by atoms with van der Waals surface area (Å²) in [5, 5.41) is 12.0. The predicted octanol–water partition coefficient (Wildman–Crippen LogP) is 2.12. The Labute approximate surface area is 207 Å². The fourth-order valence-electron chi connectivity index (χ4n) is 3.65. The lowest BCUT2D eigenvalue weighted by Gasteiger charge is -2.25. The molecule has 1 fully saturated rings. The van der Waals surface area contributed by atoms with Crippen LogP contribution in [-0.2, 0) is 9.53 Å². The van der Waals surface area contributed by atoms with Crippen LogP contribution in [0.2, 0.25) is 0 Å². The van der Waals surface area contributed by atoms with Crippen LogP contribution >= 0.6 is 0 Å². The number of nitrogens with zero attached hydrogens (tertiary/aromatic N) is 4. The Kier molecular flexibility index (Phi) is 8.70. The van der Waals surface area contributed by atoms with Crippen LogP contribution in [0.25, 0.3) is 10.9 Å². The maximum atomic E-state index is 13.6. The van der Waals surface area contributed by atoms with Crippen LogP contribution in [0.3, 0.4) is 0 Å². The largest absolute Gasteiger partial charge is 0.491 e. The first-order valence-corrected chi connectivity index (χ1v) is 11.4. The highest BCUT2D eigenvalue weighted by atomic mass is 19.3. The van der Waals surface area contributed by atoms with E-state index < -0.39 is 50.1 Å². The quantitative estimate of drug-likeness (QED) is 0.283. The summed E-state index contributed by atoms with van der Waals surface area (Å²) in [7, 11) is 3.53. The Balaban J connectivity index is 1.58. The number of carbonyl (C=O) groups is 2. The van der Waals surface area contributed by atoms with Crippen LogP contribution in [0.4, 0.5) is 13.2 Å². The monoisotopic (exact) mass is 508 g/mol. The zero-order chi connectivity index (χ0) is 26.3. The molecule has 1 atom stereocenters. The SMILES string of the molecule is C[N+](C)(CF)CCOCCOc1ccc2nccc(C(=O)NCC(=O)N3CC(F)(F)C[C@H]3C#N)c2c1. The summed E-state index contributed by atoms with van der Waals surface area (Å²) < 4.78 is 51.4. The van der Waals surface area contributed by atoms with Crippen molar-refractivity contribution in [1.82, 2.24) is 15.2 Å². The van der Waals surface area contributed by atoms with Gasteiger partial charge in [-0.05, 0) is 24.3 Å². The number of alkyl halides is 3. The zero-order valence-electron chi connectivity index (χ0n) is 20.2. The van der Waals surface area contributed by atoms with Crippen molar-refractivity contribution >= 4 is 22.7 Å². The number of likely N-dealkylation sites (tertiary alicyclic amines) is 1. The minimum absolute atomic E-state index is 0.207. The molecule has 2 aromatic rings. The third kappa shape index (κ3) is 7.05. The summed E-state index contributed by atoms with van der Waals surface area (Å²) in [5.74, 6) is -4.01. The molecule has 2 amide bonds. The summed E-state index contributed by atoms with van der Waals surface area (Å²) in [5.41, 5.74) is 0.747. The average molecular weight is 509 g/mol. The molecule has 1 N–H and O–H groups in total. The highest BCUT2D eigenvalue weighted by Crippen LogP contribution is 2.31. The molecule has 0 aliphatic carbocycles. The normalized spacial score (nSPS) is 17.1. The molecule has 2 heterocycles. The van der Waals surface area contributed by atoms with Gasteiger partial charge in [0, 0.05) is 18.0 Å². The van der Waals surface area contributed by atoms with E-state index in [0.29, 0.717) is 36.4 Å². The van der Waals surface area contributed by atoms with E-state index in [1.165, 1.54) is 12.3 Å². The fourth-order valence-corrected chi connectivity index (χ4v) is 3.65. The lowest BCUT2D eigenvalue weighted by atomic mass is 10.1. The molecule has 1 saturated heterocycles. The Bertz CT molecular complexity index is 1140. The first-order chi connectivity index (χ1) is 17.0. The van der Waals surface area contributed by atoms with Gasteiger partial charge in [0.1, 0.15) is 24.9 Å². The molecule has 36 heavy (non-hydrogen) atoms. The molecule has 3 rings (SSSR count). The number of nitrogens with one attached hydrogen (secondary N) is 1. The average Bonchev–Trinajstić information content (AvgIpc) is 3.18. The number of hydrogen-bond acceptors (Lipinski definition) is 6. The Morgan fingerprint density at radius 3 is 2.78 bits per heavy atom. The maximum Gasteiger partial charge on any atom is 0.268 e.